The maximum absolute atomic E-state index is 12.8. The molecule has 0 saturated carbocycles. The fraction of sp³-hybridized carbons (Fsp3) is 0.500. The van der Waals surface area contributed by atoms with Gasteiger partial charge in [0.1, 0.15) is 0 Å². The lowest BCUT2D eigenvalue weighted by atomic mass is 9.95. The first-order chi connectivity index (χ1) is 16.0. The number of carbonyl (C=O) groups excluding carboxylic acids is 1. The number of rotatable bonds is 11. The quantitative estimate of drug-likeness (QED) is 0.547. The molecule has 180 valence electrons. The summed E-state index contributed by atoms with van der Waals surface area (Å²) in [5.74, 6) is 2.93. The van der Waals surface area contributed by atoms with Crippen molar-refractivity contribution in [1.82, 2.24) is 4.90 Å². The Bertz CT molecular complexity index is 947. The van der Waals surface area contributed by atoms with E-state index in [0.29, 0.717) is 11.5 Å². The van der Waals surface area contributed by atoms with E-state index in [1.54, 1.807) is 28.4 Å². The number of benzene rings is 2. The third-order valence-electron chi connectivity index (χ3n) is 6.32. The number of methoxy groups -OCH3 is 4. The molecule has 1 N–H and O–H groups in total. The molecule has 1 amide bonds. The Morgan fingerprint density at radius 3 is 2.27 bits per heavy atom. The van der Waals surface area contributed by atoms with Crippen LogP contribution in [0.2, 0.25) is 0 Å². The SMILES string of the molecule is COc1ccc(CCN(C)CCCC2CCc3cc(OC)c(OC)cc3NC2=O)cc1OC. The Morgan fingerprint density at radius 2 is 1.58 bits per heavy atom. The number of nitrogens with zero attached hydrogens (tertiary/aromatic N) is 1. The van der Waals surface area contributed by atoms with Gasteiger partial charge in [0.25, 0.3) is 0 Å². The number of carbonyl (C=O) groups is 1. The molecular formula is C26H36N2O5. The number of likely N-dealkylation sites (N-methyl/N-ethyl adjacent to an activating group) is 1. The molecule has 3 rings (SSSR count). The van der Waals surface area contributed by atoms with Crippen LogP contribution in [-0.4, -0.2) is 59.4 Å². The zero-order valence-electron chi connectivity index (χ0n) is 20.4. The fourth-order valence-electron chi connectivity index (χ4n) is 4.29. The van der Waals surface area contributed by atoms with Crippen molar-refractivity contribution < 1.29 is 23.7 Å². The zero-order valence-corrected chi connectivity index (χ0v) is 20.4. The molecule has 2 aromatic rings. The predicted molar refractivity (Wildman–Crippen MR) is 130 cm³/mol. The van der Waals surface area contributed by atoms with Crippen molar-refractivity contribution in [2.75, 3.05) is 53.9 Å². The van der Waals surface area contributed by atoms with E-state index in [1.165, 1.54) is 5.56 Å². The molecule has 1 aliphatic heterocycles. The highest BCUT2D eigenvalue weighted by Crippen LogP contribution is 2.36. The van der Waals surface area contributed by atoms with Crippen LogP contribution in [0.5, 0.6) is 23.0 Å². The number of anilines is 1. The standard InChI is InChI=1S/C26H36N2O5/c1-28(14-12-18-8-11-22(30-2)23(15-18)31-3)13-6-7-19-9-10-20-16-24(32-4)25(33-5)17-21(20)27-26(19)29/h8,11,15-17,19H,6-7,9-10,12-14H2,1-5H3,(H,27,29). The maximum Gasteiger partial charge on any atom is 0.227 e. The van der Waals surface area contributed by atoms with Crippen LogP contribution in [0.4, 0.5) is 5.69 Å². The summed E-state index contributed by atoms with van der Waals surface area (Å²) in [5, 5.41) is 3.09. The van der Waals surface area contributed by atoms with E-state index >= 15 is 0 Å². The van der Waals surface area contributed by atoms with Crippen LogP contribution in [0.15, 0.2) is 30.3 Å². The second-order valence-electron chi connectivity index (χ2n) is 8.47. The molecule has 0 fully saturated rings. The van der Waals surface area contributed by atoms with E-state index < -0.39 is 0 Å². The van der Waals surface area contributed by atoms with E-state index in [4.69, 9.17) is 18.9 Å². The molecule has 0 aromatic heterocycles. The number of fused-ring (bicyclic) bond motifs is 1. The maximum atomic E-state index is 12.8. The molecule has 1 atom stereocenters. The van der Waals surface area contributed by atoms with Gasteiger partial charge in [-0.3, -0.25) is 4.79 Å². The molecule has 1 heterocycles. The van der Waals surface area contributed by atoms with Crippen molar-refractivity contribution in [2.45, 2.75) is 32.1 Å². The van der Waals surface area contributed by atoms with Crippen LogP contribution in [0, 0.1) is 5.92 Å². The second kappa shape index (κ2) is 11.8. The van der Waals surface area contributed by atoms with Crippen molar-refractivity contribution >= 4 is 11.6 Å². The Labute approximate surface area is 197 Å². The molecule has 0 bridgehead atoms. The van der Waals surface area contributed by atoms with Gasteiger partial charge in [-0.05, 0) is 75.0 Å². The van der Waals surface area contributed by atoms with Crippen molar-refractivity contribution in [2.24, 2.45) is 5.92 Å². The van der Waals surface area contributed by atoms with E-state index in [1.807, 2.05) is 24.3 Å². The van der Waals surface area contributed by atoms with Crippen LogP contribution in [-0.2, 0) is 17.6 Å². The molecule has 1 unspecified atom stereocenters. The summed E-state index contributed by atoms with van der Waals surface area (Å²) in [6.07, 6.45) is 4.45. The molecule has 0 saturated heterocycles. The van der Waals surface area contributed by atoms with Gasteiger partial charge in [-0.15, -0.1) is 0 Å². The minimum atomic E-state index is 0.00800. The lowest BCUT2D eigenvalue weighted by molar-refractivity contribution is -0.120. The molecule has 0 radical (unpaired) electrons. The Kier molecular flexibility index (Phi) is 8.83. The summed E-state index contributed by atoms with van der Waals surface area (Å²) >= 11 is 0. The third kappa shape index (κ3) is 6.32. The van der Waals surface area contributed by atoms with Crippen LogP contribution in [0.3, 0.4) is 0 Å². The monoisotopic (exact) mass is 456 g/mol. The highest BCUT2D eigenvalue weighted by atomic mass is 16.5. The van der Waals surface area contributed by atoms with Crippen molar-refractivity contribution in [3.05, 3.63) is 41.5 Å². The van der Waals surface area contributed by atoms with E-state index in [2.05, 4.69) is 23.3 Å². The van der Waals surface area contributed by atoms with Gasteiger partial charge in [0.15, 0.2) is 23.0 Å². The molecule has 0 spiro atoms. The van der Waals surface area contributed by atoms with Gasteiger partial charge >= 0.3 is 0 Å². The summed E-state index contributed by atoms with van der Waals surface area (Å²) < 4.78 is 21.5. The fourth-order valence-corrected chi connectivity index (χ4v) is 4.29. The topological polar surface area (TPSA) is 69.3 Å². The van der Waals surface area contributed by atoms with Crippen molar-refractivity contribution in [3.63, 3.8) is 0 Å². The van der Waals surface area contributed by atoms with Gasteiger partial charge in [-0.2, -0.15) is 0 Å². The molecular weight excluding hydrogens is 420 g/mol. The number of amides is 1. The summed E-state index contributed by atoms with van der Waals surface area (Å²) in [6.45, 7) is 1.89. The van der Waals surface area contributed by atoms with Crippen LogP contribution >= 0.6 is 0 Å². The summed E-state index contributed by atoms with van der Waals surface area (Å²) in [4.78, 5) is 15.1. The minimum absolute atomic E-state index is 0.00800. The largest absolute Gasteiger partial charge is 0.493 e. The number of hydrogen-bond donors (Lipinski definition) is 1. The van der Waals surface area contributed by atoms with Gasteiger partial charge < -0.3 is 29.2 Å². The Balaban J connectivity index is 1.48. The normalized spacial score (nSPS) is 15.5. The van der Waals surface area contributed by atoms with Crippen molar-refractivity contribution in [1.29, 1.82) is 0 Å². The zero-order chi connectivity index (χ0) is 23.8. The van der Waals surface area contributed by atoms with Gasteiger partial charge in [-0.1, -0.05) is 6.07 Å². The molecule has 0 aliphatic carbocycles. The molecule has 2 aromatic carbocycles. The smallest absolute Gasteiger partial charge is 0.227 e. The minimum Gasteiger partial charge on any atom is -0.493 e. The first-order valence-electron chi connectivity index (χ1n) is 11.4. The van der Waals surface area contributed by atoms with Crippen molar-refractivity contribution in [3.8, 4) is 23.0 Å². The first-order valence-corrected chi connectivity index (χ1v) is 11.4. The molecule has 33 heavy (non-hydrogen) atoms. The summed E-state index contributed by atoms with van der Waals surface area (Å²) in [7, 11) is 8.66. The Hall–Kier alpha value is -2.93. The van der Waals surface area contributed by atoms with E-state index in [9.17, 15) is 4.79 Å². The van der Waals surface area contributed by atoms with Crippen LogP contribution in [0.1, 0.15) is 30.4 Å². The van der Waals surface area contributed by atoms with Gasteiger partial charge in [0.2, 0.25) is 5.91 Å². The first kappa shape index (κ1) is 24.7. The average molecular weight is 457 g/mol. The average Bonchev–Trinajstić information content (AvgIpc) is 2.99. The Morgan fingerprint density at radius 1 is 0.909 bits per heavy atom. The number of aryl methyl sites for hydroxylation is 1. The van der Waals surface area contributed by atoms with Gasteiger partial charge in [0, 0.05) is 24.2 Å². The molecule has 1 aliphatic rings. The highest BCUT2D eigenvalue weighted by Gasteiger charge is 2.25. The van der Waals surface area contributed by atoms with Crippen LogP contribution < -0.4 is 24.3 Å². The lowest BCUT2D eigenvalue weighted by Gasteiger charge is -2.19. The lowest BCUT2D eigenvalue weighted by Crippen LogP contribution is -2.25. The predicted octanol–water partition coefficient (Wildman–Crippen LogP) is 4.18. The molecule has 7 nitrogen and oxygen atoms in total. The number of hydrogen-bond acceptors (Lipinski definition) is 6. The molecule has 7 heteroatoms. The van der Waals surface area contributed by atoms with Gasteiger partial charge in [-0.25, -0.2) is 0 Å². The van der Waals surface area contributed by atoms with E-state index in [0.717, 1.165) is 67.9 Å². The third-order valence-corrected chi connectivity index (χ3v) is 6.32. The summed E-state index contributed by atoms with van der Waals surface area (Å²) in [6, 6.07) is 9.88. The highest BCUT2D eigenvalue weighted by molar-refractivity contribution is 5.94. The number of ether oxygens (including phenoxy) is 4. The second-order valence-corrected chi connectivity index (χ2v) is 8.47. The van der Waals surface area contributed by atoms with E-state index in [-0.39, 0.29) is 11.8 Å². The van der Waals surface area contributed by atoms with Crippen LogP contribution in [0.25, 0.3) is 0 Å². The number of nitrogens with one attached hydrogen (secondary N) is 1. The summed E-state index contributed by atoms with van der Waals surface area (Å²) in [5.41, 5.74) is 3.13. The van der Waals surface area contributed by atoms with Gasteiger partial charge in [0.05, 0.1) is 28.4 Å².